The van der Waals surface area contributed by atoms with Crippen LogP contribution in [0.4, 0.5) is 22.0 Å². The summed E-state index contributed by atoms with van der Waals surface area (Å²) in [4.78, 5) is 12.9. The molecular weight excluding hydrogens is 527 g/mol. The molecule has 3 aliphatic rings. The van der Waals surface area contributed by atoms with E-state index in [-0.39, 0.29) is 47.1 Å². The van der Waals surface area contributed by atoms with Gasteiger partial charge in [0.1, 0.15) is 17.3 Å². The molecule has 1 aliphatic heterocycles. The summed E-state index contributed by atoms with van der Waals surface area (Å²) in [6.07, 6.45) is -1.93. The summed E-state index contributed by atoms with van der Waals surface area (Å²) in [6, 6.07) is 16.4. The van der Waals surface area contributed by atoms with Gasteiger partial charge >= 0.3 is 6.18 Å². The highest BCUT2D eigenvalue weighted by molar-refractivity contribution is 5.97. The van der Waals surface area contributed by atoms with E-state index in [1.807, 2.05) is 0 Å². The Balaban J connectivity index is 1.24. The minimum atomic E-state index is -4.63. The minimum absolute atomic E-state index is 0.0349. The van der Waals surface area contributed by atoms with E-state index in [4.69, 9.17) is 5.73 Å². The average molecular weight is 555 g/mol. The SMILES string of the molecule is NC1=NC(c2cccc(C(F)(F)F)n2)(C2CC(c3ccc(F)cc3)C2)NC(NC2CC(c3ccc(F)cc3)C2)=N1. The number of benzene rings is 2. The molecule has 11 heteroatoms. The van der Waals surface area contributed by atoms with Crippen molar-refractivity contribution in [2.45, 2.75) is 55.4 Å². The van der Waals surface area contributed by atoms with Gasteiger partial charge in [0.15, 0.2) is 5.66 Å². The molecule has 0 amide bonds. The van der Waals surface area contributed by atoms with Gasteiger partial charge in [0, 0.05) is 12.0 Å². The van der Waals surface area contributed by atoms with E-state index in [1.165, 1.54) is 36.4 Å². The molecule has 1 aromatic heterocycles. The number of rotatable bonds is 5. The molecule has 0 saturated heterocycles. The lowest BCUT2D eigenvalue weighted by molar-refractivity contribution is -0.141. The Morgan fingerprint density at radius 1 is 0.825 bits per heavy atom. The number of halogens is 5. The number of hydrogen-bond donors (Lipinski definition) is 3. The van der Waals surface area contributed by atoms with Crippen LogP contribution in [0.2, 0.25) is 0 Å². The third-order valence-electron chi connectivity index (χ3n) is 8.15. The third kappa shape index (κ3) is 5.00. The van der Waals surface area contributed by atoms with Gasteiger partial charge < -0.3 is 16.4 Å². The first-order valence-electron chi connectivity index (χ1n) is 13.1. The maximum absolute atomic E-state index is 13.6. The lowest BCUT2D eigenvalue weighted by Crippen LogP contribution is -2.61. The quantitative estimate of drug-likeness (QED) is 0.362. The van der Waals surface area contributed by atoms with Gasteiger partial charge in [-0.1, -0.05) is 30.3 Å². The van der Waals surface area contributed by atoms with Crippen LogP contribution in [0.5, 0.6) is 0 Å². The van der Waals surface area contributed by atoms with Gasteiger partial charge in [-0.05, 0) is 85.0 Å². The van der Waals surface area contributed by atoms with E-state index < -0.39 is 17.5 Å². The standard InChI is InChI=1S/C29H27F5N6/c30-21-8-4-16(5-9-21)18-12-20(13-18)28(24-2-1-3-25(37-24)29(32,33)34)39-26(35)38-27(40-28)36-23-14-19(15-23)17-6-10-22(31)11-7-17/h1-11,18-20,23H,12-15H2,(H4,35,36,38,39,40). The van der Waals surface area contributed by atoms with Crippen molar-refractivity contribution in [3.63, 3.8) is 0 Å². The predicted octanol–water partition coefficient (Wildman–Crippen LogP) is 5.53. The fourth-order valence-electron chi connectivity index (χ4n) is 5.86. The van der Waals surface area contributed by atoms with Gasteiger partial charge in [-0.3, -0.25) is 0 Å². The van der Waals surface area contributed by atoms with Crippen LogP contribution in [0.3, 0.4) is 0 Å². The van der Waals surface area contributed by atoms with Gasteiger partial charge in [-0.2, -0.15) is 18.2 Å². The van der Waals surface area contributed by atoms with Crippen LogP contribution < -0.4 is 16.4 Å². The fourth-order valence-corrected chi connectivity index (χ4v) is 5.86. The molecule has 4 N–H and O–H groups in total. The van der Waals surface area contributed by atoms with Crippen LogP contribution in [0, 0.1) is 17.6 Å². The smallest absolute Gasteiger partial charge is 0.368 e. The molecule has 208 valence electrons. The molecule has 2 saturated carbocycles. The molecule has 2 aromatic carbocycles. The van der Waals surface area contributed by atoms with E-state index in [1.54, 1.807) is 24.3 Å². The monoisotopic (exact) mass is 554 g/mol. The molecule has 6 nitrogen and oxygen atoms in total. The van der Waals surface area contributed by atoms with Crippen molar-refractivity contribution in [3.05, 3.63) is 101 Å². The molecule has 1 unspecified atom stereocenters. The first-order valence-corrected chi connectivity index (χ1v) is 13.1. The van der Waals surface area contributed by atoms with Crippen LogP contribution in [0.1, 0.15) is 60.0 Å². The van der Waals surface area contributed by atoms with Gasteiger partial charge in [0.05, 0.1) is 5.69 Å². The second kappa shape index (κ2) is 9.87. The fraction of sp³-hybridized carbons (Fsp3) is 0.345. The molecule has 0 bridgehead atoms. The molecule has 2 aliphatic carbocycles. The summed E-state index contributed by atoms with van der Waals surface area (Å²) in [5.74, 6) is -0.279. The number of guanidine groups is 2. The maximum Gasteiger partial charge on any atom is 0.433 e. The van der Waals surface area contributed by atoms with E-state index in [0.29, 0.717) is 18.8 Å². The summed E-state index contributed by atoms with van der Waals surface area (Å²) >= 11 is 0. The highest BCUT2D eigenvalue weighted by Gasteiger charge is 2.51. The Bertz CT molecular complexity index is 1440. The van der Waals surface area contributed by atoms with Crippen molar-refractivity contribution in [3.8, 4) is 0 Å². The van der Waals surface area contributed by atoms with Gasteiger partial charge in [0.25, 0.3) is 0 Å². The van der Waals surface area contributed by atoms with Crippen molar-refractivity contribution in [1.29, 1.82) is 0 Å². The Hall–Kier alpha value is -4.02. The molecule has 6 rings (SSSR count). The first-order chi connectivity index (χ1) is 19.1. The zero-order valence-corrected chi connectivity index (χ0v) is 21.3. The second-order valence-corrected chi connectivity index (χ2v) is 10.7. The molecule has 3 aromatic rings. The largest absolute Gasteiger partial charge is 0.433 e. The Kier molecular flexibility index (Phi) is 6.47. The Morgan fingerprint density at radius 2 is 1.40 bits per heavy atom. The van der Waals surface area contributed by atoms with E-state index in [9.17, 15) is 22.0 Å². The maximum atomic E-state index is 13.6. The molecule has 2 fully saturated rings. The molecule has 0 radical (unpaired) electrons. The van der Waals surface area contributed by atoms with Crippen molar-refractivity contribution < 1.29 is 22.0 Å². The zero-order chi connectivity index (χ0) is 28.1. The van der Waals surface area contributed by atoms with Crippen molar-refractivity contribution >= 4 is 11.9 Å². The highest BCUT2D eigenvalue weighted by Crippen LogP contribution is 2.51. The van der Waals surface area contributed by atoms with Crippen molar-refractivity contribution in [2.75, 3.05) is 0 Å². The van der Waals surface area contributed by atoms with Gasteiger partial charge in [-0.15, -0.1) is 0 Å². The normalized spacial score (nSPS) is 27.9. The summed E-state index contributed by atoms with van der Waals surface area (Å²) in [7, 11) is 0. The van der Waals surface area contributed by atoms with Crippen molar-refractivity contribution in [2.24, 2.45) is 21.6 Å². The predicted molar refractivity (Wildman–Crippen MR) is 140 cm³/mol. The van der Waals surface area contributed by atoms with E-state index >= 15 is 0 Å². The first kappa shape index (κ1) is 26.2. The number of pyridine rings is 1. The molecule has 1 atom stereocenters. The highest BCUT2D eigenvalue weighted by atomic mass is 19.4. The van der Waals surface area contributed by atoms with Gasteiger partial charge in [-0.25, -0.2) is 18.8 Å². The molecule has 0 spiro atoms. The number of hydrogen-bond acceptors (Lipinski definition) is 6. The van der Waals surface area contributed by atoms with E-state index in [0.717, 1.165) is 30.0 Å². The number of aromatic nitrogens is 1. The second-order valence-electron chi connectivity index (χ2n) is 10.7. The summed E-state index contributed by atoms with van der Waals surface area (Å²) in [6.45, 7) is 0. The van der Waals surface area contributed by atoms with Crippen LogP contribution in [0.25, 0.3) is 0 Å². The average Bonchev–Trinajstić information content (AvgIpc) is 2.86. The summed E-state index contributed by atoms with van der Waals surface area (Å²) in [5.41, 5.74) is 5.87. The van der Waals surface area contributed by atoms with Crippen molar-refractivity contribution in [1.82, 2.24) is 15.6 Å². The van der Waals surface area contributed by atoms with Crippen LogP contribution in [0.15, 0.2) is 76.7 Å². The molecular formula is C29H27F5N6. The zero-order valence-electron chi connectivity index (χ0n) is 21.3. The Labute approximate surface area is 227 Å². The number of alkyl halides is 3. The molecule has 40 heavy (non-hydrogen) atoms. The Morgan fingerprint density at radius 3 is 1.98 bits per heavy atom. The summed E-state index contributed by atoms with van der Waals surface area (Å²) in [5, 5.41) is 6.60. The van der Waals surface area contributed by atoms with Crippen LogP contribution in [-0.2, 0) is 11.8 Å². The van der Waals surface area contributed by atoms with Gasteiger partial charge in [0.2, 0.25) is 11.9 Å². The van der Waals surface area contributed by atoms with Crippen LogP contribution >= 0.6 is 0 Å². The van der Waals surface area contributed by atoms with Crippen LogP contribution in [-0.4, -0.2) is 22.9 Å². The topological polar surface area (TPSA) is 87.7 Å². The number of nitrogens with one attached hydrogen (secondary N) is 2. The third-order valence-corrected chi connectivity index (χ3v) is 8.15. The van der Waals surface area contributed by atoms with E-state index in [2.05, 4.69) is 25.6 Å². The lowest BCUT2D eigenvalue weighted by Gasteiger charge is -2.49. The number of nitrogens with zero attached hydrogens (tertiary/aromatic N) is 3. The number of nitrogens with two attached hydrogens (primary N) is 1. The number of aliphatic imine (C=N–C) groups is 2. The lowest BCUT2D eigenvalue weighted by atomic mass is 9.65. The molecule has 2 heterocycles. The minimum Gasteiger partial charge on any atom is -0.368 e. The summed E-state index contributed by atoms with van der Waals surface area (Å²) < 4.78 is 67.6.